The molecule has 16 heavy (non-hydrogen) atoms. The largest absolute Gasteiger partial charge is 0.393 e. The van der Waals surface area contributed by atoms with Crippen molar-refractivity contribution < 1.29 is 28.7 Å². The fraction of sp³-hybridized carbons (Fsp3) is 0.600. The van der Waals surface area contributed by atoms with Crippen LogP contribution >= 0.6 is 0 Å². The van der Waals surface area contributed by atoms with Crippen LogP contribution in [0.2, 0.25) is 0 Å². The molecule has 0 radical (unpaired) electrons. The Morgan fingerprint density at radius 1 is 1.06 bits per heavy atom. The van der Waals surface area contributed by atoms with Crippen LogP contribution in [0.15, 0.2) is 0 Å². The smallest absolute Gasteiger partial charge is 0.321 e. The number of hydrogen-bond donors (Lipinski definition) is 0. The molecule has 3 rings (SSSR count). The van der Waals surface area contributed by atoms with Crippen LogP contribution in [0.4, 0.5) is 0 Å². The Balaban J connectivity index is 2.13. The molecule has 1 saturated carbocycles. The number of rotatable bonds is 0. The van der Waals surface area contributed by atoms with Gasteiger partial charge >= 0.3 is 23.9 Å². The third-order valence-electron chi connectivity index (χ3n) is 3.94. The molecule has 0 amide bonds. The van der Waals surface area contributed by atoms with Gasteiger partial charge in [0.25, 0.3) is 0 Å². The van der Waals surface area contributed by atoms with Gasteiger partial charge in [0.1, 0.15) is 0 Å². The first-order chi connectivity index (χ1) is 7.46. The Kier molecular flexibility index (Phi) is 1.49. The Bertz CT molecular complexity index is 452. The normalized spacial score (nSPS) is 45.4. The van der Waals surface area contributed by atoms with Crippen LogP contribution in [0.5, 0.6) is 0 Å². The first kappa shape index (κ1) is 9.50. The monoisotopic (exact) mass is 224 g/mol. The summed E-state index contributed by atoms with van der Waals surface area (Å²) in [6.07, 6.45) is 0.163. The molecule has 0 bridgehead atoms. The second kappa shape index (κ2) is 2.50. The number of carbonyl (C=O) groups is 4. The molecule has 4 unspecified atom stereocenters. The van der Waals surface area contributed by atoms with Crippen LogP contribution in [-0.4, -0.2) is 23.9 Å². The maximum Gasteiger partial charge on any atom is 0.321 e. The third-order valence-corrected chi connectivity index (χ3v) is 3.94. The van der Waals surface area contributed by atoms with E-state index in [1.807, 2.05) is 0 Å². The number of carbonyl (C=O) groups excluding carboxylic acids is 4. The lowest BCUT2D eigenvalue weighted by molar-refractivity contribution is -0.161. The minimum absolute atomic E-state index is 0.163. The number of ether oxygens (including phenoxy) is 2. The van der Waals surface area contributed by atoms with E-state index in [0.29, 0.717) is 0 Å². The van der Waals surface area contributed by atoms with Gasteiger partial charge in [-0.3, -0.25) is 19.2 Å². The Labute approximate surface area is 89.9 Å². The van der Waals surface area contributed by atoms with Crippen LogP contribution in [0, 0.1) is 23.2 Å². The van der Waals surface area contributed by atoms with Crippen LogP contribution < -0.4 is 0 Å². The zero-order valence-corrected chi connectivity index (χ0v) is 8.39. The molecule has 2 heterocycles. The van der Waals surface area contributed by atoms with Crippen LogP contribution in [-0.2, 0) is 28.7 Å². The summed E-state index contributed by atoms with van der Waals surface area (Å²) >= 11 is 0. The average molecular weight is 224 g/mol. The minimum atomic E-state index is -1.22. The summed E-state index contributed by atoms with van der Waals surface area (Å²) in [5, 5.41) is 0. The zero-order chi connectivity index (χ0) is 11.7. The summed E-state index contributed by atoms with van der Waals surface area (Å²) in [6.45, 7) is 1.50. The van der Waals surface area contributed by atoms with Crippen molar-refractivity contribution in [2.75, 3.05) is 0 Å². The highest BCUT2D eigenvalue weighted by Gasteiger charge is 2.72. The molecule has 0 aromatic rings. The molecule has 6 heteroatoms. The van der Waals surface area contributed by atoms with Crippen molar-refractivity contribution in [1.82, 2.24) is 0 Å². The number of esters is 4. The molecule has 84 valence electrons. The summed E-state index contributed by atoms with van der Waals surface area (Å²) < 4.78 is 9.01. The van der Waals surface area contributed by atoms with E-state index in [1.54, 1.807) is 0 Å². The van der Waals surface area contributed by atoms with E-state index in [4.69, 9.17) is 0 Å². The zero-order valence-electron chi connectivity index (χ0n) is 8.39. The second-order valence-electron chi connectivity index (χ2n) is 4.60. The van der Waals surface area contributed by atoms with Gasteiger partial charge in [-0.2, -0.15) is 0 Å². The lowest BCUT2D eigenvalue weighted by Crippen LogP contribution is -2.36. The Hall–Kier alpha value is -1.72. The van der Waals surface area contributed by atoms with Gasteiger partial charge in [-0.1, -0.05) is 0 Å². The lowest BCUT2D eigenvalue weighted by Gasteiger charge is -2.21. The molecule has 0 spiro atoms. The predicted octanol–water partition coefficient (Wildman–Crippen LogP) is -0.588. The van der Waals surface area contributed by atoms with Gasteiger partial charge in [0, 0.05) is 0 Å². The fourth-order valence-electron chi connectivity index (χ4n) is 3.03. The molecule has 3 fully saturated rings. The molecule has 6 nitrogen and oxygen atoms in total. The van der Waals surface area contributed by atoms with Crippen LogP contribution in [0.3, 0.4) is 0 Å². The van der Waals surface area contributed by atoms with Crippen molar-refractivity contribution in [3.05, 3.63) is 0 Å². The van der Waals surface area contributed by atoms with Gasteiger partial charge in [0.05, 0.1) is 23.2 Å². The van der Waals surface area contributed by atoms with E-state index in [0.717, 1.165) is 0 Å². The molecule has 2 aliphatic heterocycles. The number of hydrogen-bond acceptors (Lipinski definition) is 6. The number of fused-ring (bicyclic) bond motifs is 3. The molecular weight excluding hydrogens is 216 g/mol. The van der Waals surface area contributed by atoms with Gasteiger partial charge in [-0.25, -0.2) is 0 Å². The van der Waals surface area contributed by atoms with E-state index in [2.05, 4.69) is 9.47 Å². The van der Waals surface area contributed by atoms with Crippen LogP contribution in [0.25, 0.3) is 0 Å². The quantitative estimate of drug-likeness (QED) is 0.404. The van der Waals surface area contributed by atoms with Gasteiger partial charge in [-0.05, 0) is 13.3 Å². The first-order valence-electron chi connectivity index (χ1n) is 4.98. The molecule has 0 aromatic carbocycles. The lowest BCUT2D eigenvalue weighted by atomic mass is 9.74. The van der Waals surface area contributed by atoms with E-state index < -0.39 is 47.0 Å². The second-order valence-corrected chi connectivity index (χ2v) is 4.60. The summed E-state index contributed by atoms with van der Waals surface area (Å²) in [4.78, 5) is 45.9. The molecule has 3 aliphatic rings. The van der Waals surface area contributed by atoms with Gasteiger partial charge in [0.2, 0.25) is 0 Å². The highest BCUT2D eigenvalue weighted by atomic mass is 16.6. The highest BCUT2D eigenvalue weighted by Crippen LogP contribution is 2.58. The van der Waals surface area contributed by atoms with Crippen molar-refractivity contribution >= 4 is 23.9 Å². The van der Waals surface area contributed by atoms with Gasteiger partial charge in [0.15, 0.2) is 0 Å². The van der Waals surface area contributed by atoms with Crippen molar-refractivity contribution in [3.8, 4) is 0 Å². The highest BCUT2D eigenvalue weighted by molar-refractivity contribution is 6.07. The molecular formula is C10H8O6. The fourth-order valence-corrected chi connectivity index (χ4v) is 3.03. The third kappa shape index (κ3) is 0.797. The molecule has 0 N–H and O–H groups in total. The molecule has 0 aromatic heterocycles. The Morgan fingerprint density at radius 2 is 1.75 bits per heavy atom. The first-order valence-corrected chi connectivity index (χ1v) is 4.98. The number of cyclic esters (lactones) is 4. The predicted molar refractivity (Wildman–Crippen MR) is 45.4 cm³/mol. The maximum absolute atomic E-state index is 11.6. The summed E-state index contributed by atoms with van der Waals surface area (Å²) in [7, 11) is 0. The molecule has 1 aliphatic carbocycles. The van der Waals surface area contributed by atoms with Crippen molar-refractivity contribution in [3.63, 3.8) is 0 Å². The standard InChI is InChI=1S/C10H8O6/c1-10-4(7(12)16-9(10)14)2-3-5(10)8(13)15-6(3)11/h3-5H,2H2,1H3. The summed E-state index contributed by atoms with van der Waals surface area (Å²) in [6, 6.07) is 0. The molecule has 2 saturated heterocycles. The maximum atomic E-state index is 11.6. The minimum Gasteiger partial charge on any atom is -0.393 e. The Morgan fingerprint density at radius 3 is 2.44 bits per heavy atom. The van der Waals surface area contributed by atoms with E-state index in [-0.39, 0.29) is 6.42 Å². The van der Waals surface area contributed by atoms with Crippen molar-refractivity contribution in [2.45, 2.75) is 13.3 Å². The van der Waals surface area contributed by atoms with Gasteiger partial charge in [-0.15, -0.1) is 0 Å². The van der Waals surface area contributed by atoms with Crippen molar-refractivity contribution in [2.24, 2.45) is 23.2 Å². The van der Waals surface area contributed by atoms with E-state index >= 15 is 0 Å². The van der Waals surface area contributed by atoms with Gasteiger partial charge < -0.3 is 9.47 Å². The van der Waals surface area contributed by atoms with Crippen LogP contribution in [0.1, 0.15) is 13.3 Å². The SMILES string of the molecule is CC12C(=O)OC(=O)C1CC1C(=O)OC(=O)C12. The summed E-state index contributed by atoms with van der Waals surface area (Å²) in [5.41, 5.74) is -1.22. The molecule has 4 atom stereocenters. The van der Waals surface area contributed by atoms with E-state index in [9.17, 15) is 19.2 Å². The van der Waals surface area contributed by atoms with E-state index in [1.165, 1.54) is 6.92 Å². The summed E-state index contributed by atoms with van der Waals surface area (Å²) in [5.74, 6) is -4.92. The topological polar surface area (TPSA) is 86.7 Å². The average Bonchev–Trinajstić information content (AvgIpc) is 2.72. The van der Waals surface area contributed by atoms with Crippen molar-refractivity contribution in [1.29, 1.82) is 0 Å².